The summed E-state index contributed by atoms with van der Waals surface area (Å²) in [6, 6.07) is 7.59. The van der Waals surface area contributed by atoms with Gasteiger partial charge in [0.05, 0.1) is 6.54 Å². The average molecular weight is 414 g/mol. The fourth-order valence-corrected chi connectivity index (χ4v) is 3.73. The van der Waals surface area contributed by atoms with Crippen molar-refractivity contribution in [1.29, 1.82) is 0 Å². The second-order valence-electron chi connectivity index (χ2n) is 8.28. The molecule has 0 unspecified atom stereocenters. The Bertz CT molecular complexity index is 811. The van der Waals surface area contributed by atoms with Gasteiger partial charge in [-0.3, -0.25) is 9.69 Å². The molecule has 0 aliphatic carbocycles. The zero-order valence-electron chi connectivity index (χ0n) is 18.8. The fraction of sp³-hybridized carbons (Fsp3) is 0.565. The summed E-state index contributed by atoms with van der Waals surface area (Å²) in [4.78, 5) is 23.4. The molecule has 0 saturated carbocycles. The monoisotopic (exact) mass is 413 g/mol. The van der Waals surface area contributed by atoms with Gasteiger partial charge in [-0.05, 0) is 52.1 Å². The molecule has 1 aromatic heterocycles. The standard InChI is InChI=1S/C23H35N5O2/c1-5-28-14-11-24-22(28)18-27-12-9-20(10-13-27)30-21-8-6-7-19(17-21)23(29)26(4)16-15-25(2)3/h6-8,11,14,17,20H,5,9-10,12-13,15-16,18H2,1-4H3. The molecule has 1 aromatic carbocycles. The van der Waals surface area contributed by atoms with Gasteiger partial charge in [0.2, 0.25) is 0 Å². The number of hydrogen-bond acceptors (Lipinski definition) is 5. The summed E-state index contributed by atoms with van der Waals surface area (Å²) in [7, 11) is 5.87. The van der Waals surface area contributed by atoms with Crippen LogP contribution in [0.4, 0.5) is 0 Å². The maximum Gasteiger partial charge on any atom is 0.253 e. The number of rotatable bonds is 9. The third-order valence-electron chi connectivity index (χ3n) is 5.66. The molecule has 2 aromatic rings. The molecule has 30 heavy (non-hydrogen) atoms. The molecule has 0 spiro atoms. The van der Waals surface area contributed by atoms with E-state index in [-0.39, 0.29) is 12.0 Å². The molecule has 0 N–H and O–H groups in total. The Morgan fingerprint density at radius 1 is 1.20 bits per heavy atom. The first-order valence-electron chi connectivity index (χ1n) is 10.9. The molecule has 0 atom stereocenters. The Labute approximate surface area is 180 Å². The van der Waals surface area contributed by atoms with Crippen LogP contribution in [0.3, 0.4) is 0 Å². The minimum atomic E-state index is 0.0311. The number of piperidine rings is 1. The molecule has 7 heteroatoms. The van der Waals surface area contributed by atoms with Crippen molar-refractivity contribution >= 4 is 5.91 Å². The van der Waals surface area contributed by atoms with Crippen molar-refractivity contribution in [2.24, 2.45) is 0 Å². The summed E-state index contributed by atoms with van der Waals surface area (Å²) >= 11 is 0. The van der Waals surface area contributed by atoms with Gasteiger partial charge in [-0.2, -0.15) is 0 Å². The highest BCUT2D eigenvalue weighted by atomic mass is 16.5. The van der Waals surface area contributed by atoms with E-state index in [0.717, 1.165) is 57.1 Å². The normalized spacial score (nSPS) is 15.5. The lowest BCUT2D eigenvalue weighted by Gasteiger charge is -2.32. The highest BCUT2D eigenvalue weighted by Crippen LogP contribution is 2.21. The minimum absolute atomic E-state index is 0.0311. The average Bonchev–Trinajstić information content (AvgIpc) is 3.20. The molecule has 3 rings (SSSR count). The molecule has 1 saturated heterocycles. The topological polar surface area (TPSA) is 53.8 Å². The van der Waals surface area contributed by atoms with E-state index in [1.165, 1.54) is 0 Å². The van der Waals surface area contributed by atoms with E-state index in [2.05, 4.69) is 26.3 Å². The smallest absolute Gasteiger partial charge is 0.253 e. The van der Waals surface area contributed by atoms with Gasteiger partial charge >= 0.3 is 0 Å². The van der Waals surface area contributed by atoms with E-state index in [9.17, 15) is 4.79 Å². The zero-order valence-corrected chi connectivity index (χ0v) is 18.8. The Hall–Kier alpha value is -2.38. The number of hydrogen-bond donors (Lipinski definition) is 0. The molecule has 0 radical (unpaired) electrons. The molecule has 0 bridgehead atoms. The Balaban J connectivity index is 1.50. The number of ether oxygens (including phenoxy) is 1. The number of likely N-dealkylation sites (N-methyl/N-ethyl adjacent to an activating group) is 2. The number of nitrogens with zero attached hydrogens (tertiary/aromatic N) is 5. The molecular weight excluding hydrogens is 378 g/mol. The molecule has 2 heterocycles. The number of aryl methyl sites for hydroxylation is 1. The highest BCUT2D eigenvalue weighted by molar-refractivity contribution is 5.94. The molecule has 1 aliphatic rings. The zero-order chi connectivity index (χ0) is 21.5. The van der Waals surface area contributed by atoms with Crippen LogP contribution in [0.1, 0.15) is 35.9 Å². The van der Waals surface area contributed by atoms with E-state index in [1.54, 1.807) is 4.90 Å². The molecule has 1 aliphatic heterocycles. The second-order valence-corrected chi connectivity index (χ2v) is 8.28. The van der Waals surface area contributed by atoms with Gasteiger partial charge in [-0.25, -0.2) is 4.98 Å². The Morgan fingerprint density at radius 2 is 1.97 bits per heavy atom. The van der Waals surface area contributed by atoms with E-state index >= 15 is 0 Å². The summed E-state index contributed by atoms with van der Waals surface area (Å²) in [6.07, 6.45) is 6.06. The molecule has 1 amide bonds. The van der Waals surface area contributed by atoms with Crippen molar-refractivity contribution in [2.75, 3.05) is 47.3 Å². The van der Waals surface area contributed by atoms with Gasteiger partial charge in [-0.1, -0.05) is 6.07 Å². The fourth-order valence-electron chi connectivity index (χ4n) is 3.73. The summed E-state index contributed by atoms with van der Waals surface area (Å²) in [5, 5.41) is 0. The maximum atomic E-state index is 12.7. The first-order valence-corrected chi connectivity index (χ1v) is 10.9. The van der Waals surface area contributed by atoms with Gasteiger partial charge in [0.15, 0.2) is 0 Å². The van der Waals surface area contributed by atoms with Crippen LogP contribution in [0.5, 0.6) is 5.75 Å². The van der Waals surface area contributed by atoms with Crippen LogP contribution in [-0.2, 0) is 13.1 Å². The lowest BCUT2D eigenvalue weighted by atomic mass is 10.1. The van der Waals surface area contributed by atoms with E-state index in [1.807, 2.05) is 57.8 Å². The lowest BCUT2D eigenvalue weighted by molar-refractivity contribution is 0.0782. The van der Waals surface area contributed by atoms with Gasteiger partial charge in [0.25, 0.3) is 5.91 Å². The molecule has 1 fully saturated rings. The van der Waals surface area contributed by atoms with Gasteiger partial charge < -0.3 is 19.1 Å². The number of amides is 1. The van der Waals surface area contributed by atoms with Gasteiger partial charge in [-0.15, -0.1) is 0 Å². The quantitative estimate of drug-likeness (QED) is 0.633. The first-order chi connectivity index (χ1) is 14.5. The summed E-state index contributed by atoms with van der Waals surface area (Å²) in [6.45, 7) is 7.51. The number of imidazole rings is 1. The van der Waals surface area contributed by atoms with Crippen LogP contribution in [0, 0.1) is 0 Å². The van der Waals surface area contributed by atoms with E-state index < -0.39 is 0 Å². The van der Waals surface area contributed by atoms with Crippen LogP contribution in [-0.4, -0.2) is 83.6 Å². The highest BCUT2D eigenvalue weighted by Gasteiger charge is 2.22. The lowest BCUT2D eigenvalue weighted by Crippen LogP contribution is -2.38. The molecular formula is C23H35N5O2. The number of carbonyl (C=O) groups excluding carboxylic acids is 1. The predicted octanol–water partition coefficient (Wildman–Crippen LogP) is 2.58. The number of aromatic nitrogens is 2. The third-order valence-corrected chi connectivity index (χ3v) is 5.66. The number of benzene rings is 1. The Morgan fingerprint density at radius 3 is 2.67 bits per heavy atom. The van der Waals surface area contributed by atoms with Crippen molar-refractivity contribution in [3.63, 3.8) is 0 Å². The van der Waals surface area contributed by atoms with Crippen molar-refractivity contribution in [2.45, 2.75) is 39.0 Å². The van der Waals surface area contributed by atoms with E-state index in [4.69, 9.17) is 4.74 Å². The predicted molar refractivity (Wildman–Crippen MR) is 119 cm³/mol. The molecule has 7 nitrogen and oxygen atoms in total. The van der Waals surface area contributed by atoms with Crippen LogP contribution < -0.4 is 4.74 Å². The van der Waals surface area contributed by atoms with Crippen molar-refractivity contribution < 1.29 is 9.53 Å². The maximum absolute atomic E-state index is 12.7. The summed E-state index contributed by atoms with van der Waals surface area (Å²) in [5.41, 5.74) is 0.678. The summed E-state index contributed by atoms with van der Waals surface area (Å²) in [5.74, 6) is 1.94. The van der Waals surface area contributed by atoms with Gasteiger partial charge in [0, 0.05) is 57.7 Å². The summed E-state index contributed by atoms with van der Waals surface area (Å²) < 4.78 is 8.42. The second kappa shape index (κ2) is 10.6. The Kier molecular flexibility index (Phi) is 7.87. The molecule has 164 valence electrons. The van der Waals surface area contributed by atoms with E-state index in [0.29, 0.717) is 12.1 Å². The van der Waals surface area contributed by atoms with Crippen LogP contribution in [0.2, 0.25) is 0 Å². The van der Waals surface area contributed by atoms with Crippen LogP contribution >= 0.6 is 0 Å². The third kappa shape index (κ3) is 6.06. The number of carbonyl (C=O) groups is 1. The van der Waals surface area contributed by atoms with Crippen LogP contribution in [0.25, 0.3) is 0 Å². The van der Waals surface area contributed by atoms with Crippen molar-refractivity contribution in [1.82, 2.24) is 24.3 Å². The van der Waals surface area contributed by atoms with Gasteiger partial charge in [0.1, 0.15) is 17.7 Å². The first kappa shape index (κ1) is 22.3. The van der Waals surface area contributed by atoms with Crippen molar-refractivity contribution in [3.05, 3.63) is 48.0 Å². The largest absolute Gasteiger partial charge is 0.490 e. The number of likely N-dealkylation sites (tertiary alicyclic amines) is 1. The minimum Gasteiger partial charge on any atom is -0.490 e. The van der Waals surface area contributed by atoms with Crippen LogP contribution in [0.15, 0.2) is 36.7 Å². The van der Waals surface area contributed by atoms with Crippen molar-refractivity contribution in [3.8, 4) is 5.75 Å². The SMILES string of the molecule is CCn1ccnc1CN1CCC(Oc2cccc(C(=O)N(C)CCN(C)C)c2)CC1.